The predicted octanol–water partition coefficient (Wildman–Crippen LogP) is 3.58. The Labute approximate surface area is 150 Å². The van der Waals surface area contributed by atoms with Crippen LogP contribution in [0.2, 0.25) is 5.02 Å². The molecule has 3 aromatic heterocycles. The summed E-state index contributed by atoms with van der Waals surface area (Å²) < 4.78 is 1.95. The van der Waals surface area contributed by atoms with Crippen LogP contribution in [0.25, 0.3) is 23.2 Å². The number of rotatable bonds is 3. The minimum Gasteiger partial charge on any atom is -0.266 e. The normalized spacial score (nSPS) is 12.6. The van der Waals surface area contributed by atoms with E-state index in [2.05, 4.69) is 10.1 Å². The van der Waals surface area contributed by atoms with Crippen LogP contribution in [0.5, 0.6) is 0 Å². The number of benzene rings is 1. The Balaban J connectivity index is 1.70. The van der Waals surface area contributed by atoms with E-state index in [0.29, 0.717) is 20.3 Å². The first kappa shape index (κ1) is 15.3. The van der Waals surface area contributed by atoms with Crippen molar-refractivity contribution in [3.05, 3.63) is 78.0 Å². The zero-order valence-corrected chi connectivity index (χ0v) is 14.6. The molecule has 4 aromatic rings. The molecule has 0 amide bonds. The molecule has 0 atom stereocenters. The van der Waals surface area contributed by atoms with Crippen molar-refractivity contribution >= 4 is 57.5 Å². The average Bonchev–Trinajstić information content (AvgIpc) is 3.27. The van der Waals surface area contributed by atoms with Gasteiger partial charge < -0.3 is 0 Å². The lowest BCUT2D eigenvalue weighted by Gasteiger charge is -1.91. The smallest absolute Gasteiger partial charge is 0.266 e. The lowest BCUT2D eigenvalue weighted by Crippen LogP contribution is -2.23. The van der Waals surface area contributed by atoms with Gasteiger partial charge in [-0.25, -0.2) is 0 Å². The molecule has 0 spiro atoms. The molecule has 4 rings (SSSR count). The molecule has 7 heteroatoms. The van der Waals surface area contributed by atoms with Crippen LogP contribution in [0.3, 0.4) is 0 Å². The Hall–Kier alpha value is -2.28. The molecule has 0 fully saturated rings. The number of nitrogens with zero attached hydrogens (tertiary/aromatic N) is 3. The number of thiazole rings is 1. The molecule has 0 aliphatic carbocycles. The highest BCUT2D eigenvalue weighted by Gasteiger charge is 2.08. The molecule has 0 saturated heterocycles. The summed E-state index contributed by atoms with van der Waals surface area (Å²) in [4.78, 5) is 18.5. The molecule has 118 valence electrons. The van der Waals surface area contributed by atoms with E-state index >= 15 is 0 Å². The molecular weight excluding hydrogens is 362 g/mol. The Kier molecular flexibility index (Phi) is 4.02. The summed E-state index contributed by atoms with van der Waals surface area (Å²) in [6.45, 7) is 0. The van der Waals surface area contributed by atoms with E-state index in [-0.39, 0.29) is 5.56 Å². The number of thiophene rings is 1. The number of hydrogen-bond acceptors (Lipinski definition) is 5. The number of hydrogen-bond donors (Lipinski definition) is 0. The Bertz CT molecular complexity index is 1130. The van der Waals surface area contributed by atoms with Gasteiger partial charge in [-0.05, 0) is 47.4 Å². The summed E-state index contributed by atoms with van der Waals surface area (Å²) in [5, 5.41) is 6.94. The van der Waals surface area contributed by atoms with E-state index < -0.39 is 0 Å². The minimum atomic E-state index is -0.159. The molecule has 0 unspecified atom stereocenters. The highest BCUT2D eigenvalue weighted by atomic mass is 35.5. The van der Waals surface area contributed by atoms with Crippen LogP contribution >= 0.6 is 34.3 Å². The van der Waals surface area contributed by atoms with Crippen LogP contribution in [0.15, 0.2) is 46.6 Å². The van der Waals surface area contributed by atoms with Gasteiger partial charge in [-0.2, -0.15) is 9.50 Å². The second-order valence-electron chi connectivity index (χ2n) is 4.98. The second-order valence-corrected chi connectivity index (χ2v) is 7.41. The molecule has 0 aliphatic rings. The lowest BCUT2D eigenvalue weighted by molar-refractivity contribution is 0.925. The molecule has 24 heavy (non-hydrogen) atoms. The summed E-state index contributed by atoms with van der Waals surface area (Å²) in [7, 11) is 0. The van der Waals surface area contributed by atoms with E-state index in [1.54, 1.807) is 23.5 Å². The molecule has 3 heterocycles. The maximum absolute atomic E-state index is 12.4. The number of halogens is 1. The Morgan fingerprint density at radius 1 is 1.12 bits per heavy atom. The standard InChI is InChI=1S/C17H10ClN3OS2/c18-12-5-3-11(4-6-12)10-14-16(22)21-17(24-14)19-15(20-21)8-7-13-2-1-9-23-13/h1-10H/b8-7+,14-10+. The predicted molar refractivity (Wildman–Crippen MR) is 101 cm³/mol. The average molecular weight is 372 g/mol. The van der Waals surface area contributed by atoms with Gasteiger partial charge in [0.1, 0.15) is 0 Å². The van der Waals surface area contributed by atoms with E-state index in [1.807, 2.05) is 47.9 Å². The van der Waals surface area contributed by atoms with Gasteiger partial charge in [0.15, 0.2) is 5.82 Å². The van der Waals surface area contributed by atoms with Crippen LogP contribution < -0.4 is 10.1 Å². The molecule has 0 radical (unpaired) electrons. The molecular formula is C17H10ClN3OS2. The largest absolute Gasteiger partial charge is 0.291 e. The van der Waals surface area contributed by atoms with Crippen molar-refractivity contribution in [2.45, 2.75) is 0 Å². The summed E-state index contributed by atoms with van der Waals surface area (Å²) in [5.74, 6) is 0.532. The van der Waals surface area contributed by atoms with Gasteiger partial charge in [-0.1, -0.05) is 41.1 Å². The van der Waals surface area contributed by atoms with Crippen molar-refractivity contribution in [3.63, 3.8) is 0 Å². The third kappa shape index (κ3) is 3.03. The van der Waals surface area contributed by atoms with Gasteiger partial charge in [-0.3, -0.25) is 4.79 Å². The third-order valence-corrected chi connectivity index (χ3v) is 5.35. The summed E-state index contributed by atoms with van der Waals surface area (Å²) >= 11 is 8.83. The fourth-order valence-electron chi connectivity index (χ4n) is 2.17. The first-order chi connectivity index (χ1) is 11.7. The molecule has 0 bridgehead atoms. The van der Waals surface area contributed by atoms with Gasteiger partial charge in [0.2, 0.25) is 4.96 Å². The fraction of sp³-hybridized carbons (Fsp3) is 0. The summed E-state index contributed by atoms with van der Waals surface area (Å²) in [5.41, 5.74) is 0.757. The second kappa shape index (κ2) is 6.32. The Morgan fingerprint density at radius 3 is 2.67 bits per heavy atom. The van der Waals surface area contributed by atoms with E-state index in [9.17, 15) is 4.79 Å². The summed E-state index contributed by atoms with van der Waals surface area (Å²) in [6.07, 6.45) is 5.57. The van der Waals surface area contributed by atoms with Crippen LogP contribution in [-0.2, 0) is 0 Å². The van der Waals surface area contributed by atoms with Gasteiger partial charge >= 0.3 is 0 Å². The van der Waals surface area contributed by atoms with E-state index in [1.165, 1.54) is 15.9 Å². The van der Waals surface area contributed by atoms with Crippen LogP contribution in [0.4, 0.5) is 0 Å². The van der Waals surface area contributed by atoms with Gasteiger partial charge in [0, 0.05) is 9.90 Å². The summed E-state index contributed by atoms with van der Waals surface area (Å²) in [6, 6.07) is 11.3. The van der Waals surface area contributed by atoms with Crippen molar-refractivity contribution in [2.24, 2.45) is 0 Å². The van der Waals surface area contributed by atoms with Crippen molar-refractivity contribution in [1.82, 2.24) is 14.6 Å². The maximum atomic E-state index is 12.4. The fourth-order valence-corrected chi connectivity index (χ4v) is 3.83. The SMILES string of the molecule is O=c1/c(=C\c2ccc(Cl)cc2)sc2nc(/C=C/c3cccs3)nn12. The van der Waals surface area contributed by atoms with Gasteiger partial charge in [0.05, 0.1) is 4.53 Å². The zero-order chi connectivity index (χ0) is 16.5. The van der Waals surface area contributed by atoms with Gasteiger partial charge in [-0.15, -0.1) is 16.4 Å². The highest BCUT2D eigenvalue weighted by molar-refractivity contribution is 7.15. The molecule has 0 saturated carbocycles. The van der Waals surface area contributed by atoms with E-state index in [0.717, 1.165) is 10.4 Å². The zero-order valence-electron chi connectivity index (χ0n) is 12.2. The number of fused-ring (bicyclic) bond motifs is 1. The van der Waals surface area contributed by atoms with Crippen molar-refractivity contribution in [3.8, 4) is 0 Å². The molecule has 4 nitrogen and oxygen atoms in total. The lowest BCUT2D eigenvalue weighted by atomic mass is 10.2. The first-order valence-corrected chi connectivity index (χ1v) is 9.15. The third-order valence-electron chi connectivity index (χ3n) is 3.31. The van der Waals surface area contributed by atoms with Crippen LogP contribution in [0, 0.1) is 0 Å². The van der Waals surface area contributed by atoms with Crippen molar-refractivity contribution in [2.75, 3.05) is 0 Å². The molecule has 1 aromatic carbocycles. The van der Waals surface area contributed by atoms with Crippen molar-refractivity contribution < 1.29 is 0 Å². The minimum absolute atomic E-state index is 0.159. The Morgan fingerprint density at radius 2 is 1.96 bits per heavy atom. The highest BCUT2D eigenvalue weighted by Crippen LogP contribution is 2.13. The van der Waals surface area contributed by atoms with Crippen LogP contribution in [-0.4, -0.2) is 14.6 Å². The monoisotopic (exact) mass is 371 g/mol. The van der Waals surface area contributed by atoms with Gasteiger partial charge in [0.25, 0.3) is 5.56 Å². The maximum Gasteiger partial charge on any atom is 0.291 e. The quantitative estimate of drug-likeness (QED) is 0.553. The topological polar surface area (TPSA) is 47.3 Å². The number of aromatic nitrogens is 3. The molecule has 0 N–H and O–H groups in total. The van der Waals surface area contributed by atoms with Crippen molar-refractivity contribution in [1.29, 1.82) is 0 Å². The van der Waals surface area contributed by atoms with E-state index in [4.69, 9.17) is 11.6 Å². The first-order valence-electron chi connectivity index (χ1n) is 7.07. The molecule has 0 aliphatic heterocycles. The van der Waals surface area contributed by atoms with Crippen LogP contribution in [0.1, 0.15) is 16.3 Å².